The molecule has 0 saturated heterocycles. The predicted octanol–water partition coefficient (Wildman–Crippen LogP) is 4.48. The molecule has 0 bridgehead atoms. The fraction of sp³-hybridized carbons (Fsp3) is 0.333. The lowest BCUT2D eigenvalue weighted by atomic mass is 9.94. The molecular formula is C18H22N2O. The van der Waals surface area contributed by atoms with Crippen molar-refractivity contribution in [1.82, 2.24) is 9.78 Å². The SMILES string of the molecule is C=Cc1c(C(=O)C(C)C)c(C(C)C)nn1-c1ccccc1. The van der Waals surface area contributed by atoms with E-state index >= 15 is 0 Å². The van der Waals surface area contributed by atoms with E-state index in [1.165, 1.54) is 0 Å². The van der Waals surface area contributed by atoms with Crippen LogP contribution < -0.4 is 0 Å². The van der Waals surface area contributed by atoms with E-state index in [4.69, 9.17) is 0 Å². The Balaban J connectivity index is 2.72. The van der Waals surface area contributed by atoms with Crippen LogP contribution in [0, 0.1) is 5.92 Å². The Bertz CT molecular complexity index is 651. The molecule has 0 amide bonds. The minimum Gasteiger partial charge on any atom is -0.294 e. The van der Waals surface area contributed by atoms with Crippen LogP contribution in [-0.2, 0) is 0 Å². The number of Topliss-reactive ketones (excluding diaryl/α,β-unsaturated/α-hetero) is 1. The molecule has 0 aliphatic heterocycles. The molecule has 0 spiro atoms. The second kappa shape index (κ2) is 6.08. The molecule has 2 aromatic rings. The molecule has 0 fully saturated rings. The zero-order chi connectivity index (χ0) is 15.6. The van der Waals surface area contributed by atoms with E-state index in [-0.39, 0.29) is 17.6 Å². The lowest BCUT2D eigenvalue weighted by molar-refractivity contribution is 0.0938. The number of para-hydroxylation sites is 1. The van der Waals surface area contributed by atoms with Gasteiger partial charge in [-0.15, -0.1) is 0 Å². The Hall–Kier alpha value is -2.16. The van der Waals surface area contributed by atoms with Crippen molar-refractivity contribution in [2.24, 2.45) is 5.92 Å². The fourth-order valence-corrected chi connectivity index (χ4v) is 2.35. The molecule has 0 radical (unpaired) electrons. The van der Waals surface area contributed by atoms with Crippen molar-refractivity contribution < 1.29 is 4.79 Å². The van der Waals surface area contributed by atoms with E-state index < -0.39 is 0 Å². The van der Waals surface area contributed by atoms with Crippen molar-refractivity contribution in [2.75, 3.05) is 0 Å². The van der Waals surface area contributed by atoms with Crippen LogP contribution >= 0.6 is 0 Å². The summed E-state index contributed by atoms with van der Waals surface area (Å²) in [7, 11) is 0. The highest BCUT2D eigenvalue weighted by Crippen LogP contribution is 2.27. The lowest BCUT2D eigenvalue weighted by Crippen LogP contribution is -2.11. The van der Waals surface area contributed by atoms with Gasteiger partial charge in [0.2, 0.25) is 0 Å². The van der Waals surface area contributed by atoms with Crippen LogP contribution in [0.2, 0.25) is 0 Å². The van der Waals surface area contributed by atoms with Gasteiger partial charge in [0.1, 0.15) is 0 Å². The highest BCUT2D eigenvalue weighted by Gasteiger charge is 2.25. The van der Waals surface area contributed by atoms with Gasteiger partial charge in [0.05, 0.1) is 22.6 Å². The van der Waals surface area contributed by atoms with Gasteiger partial charge in [0.25, 0.3) is 0 Å². The molecule has 3 nitrogen and oxygen atoms in total. The maximum atomic E-state index is 12.6. The Morgan fingerprint density at radius 3 is 2.29 bits per heavy atom. The smallest absolute Gasteiger partial charge is 0.169 e. The molecule has 3 heteroatoms. The Labute approximate surface area is 126 Å². The van der Waals surface area contributed by atoms with Gasteiger partial charge >= 0.3 is 0 Å². The number of hydrogen-bond acceptors (Lipinski definition) is 2. The van der Waals surface area contributed by atoms with Crippen molar-refractivity contribution in [1.29, 1.82) is 0 Å². The van der Waals surface area contributed by atoms with Crippen LogP contribution in [0.4, 0.5) is 0 Å². The largest absolute Gasteiger partial charge is 0.294 e. The molecule has 1 aromatic carbocycles. The molecule has 1 heterocycles. The number of ketones is 1. The number of carbonyl (C=O) groups is 1. The summed E-state index contributed by atoms with van der Waals surface area (Å²) < 4.78 is 1.82. The Kier molecular flexibility index (Phi) is 4.41. The van der Waals surface area contributed by atoms with Gasteiger partial charge in [-0.1, -0.05) is 52.5 Å². The Morgan fingerprint density at radius 2 is 1.81 bits per heavy atom. The van der Waals surface area contributed by atoms with Crippen molar-refractivity contribution in [3.05, 3.63) is 53.9 Å². The van der Waals surface area contributed by atoms with Crippen molar-refractivity contribution in [3.8, 4) is 5.69 Å². The summed E-state index contributed by atoms with van der Waals surface area (Å²) >= 11 is 0. The number of benzene rings is 1. The summed E-state index contributed by atoms with van der Waals surface area (Å²) in [6, 6.07) is 9.84. The van der Waals surface area contributed by atoms with E-state index in [9.17, 15) is 4.79 Å². The first-order valence-electron chi connectivity index (χ1n) is 7.32. The molecule has 0 aliphatic rings. The van der Waals surface area contributed by atoms with Crippen LogP contribution in [0.3, 0.4) is 0 Å². The van der Waals surface area contributed by atoms with E-state index in [0.717, 1.165) is 17.1 Å². The zero-order valence-electron chi connectivity index (χ0n) is 13.1. The summed E-state index contributed by atoms with van der Waals surface area (Å²) in [5.41, 5.74) is 3.27. The van der Waals surface area contributed by atoms with Crippen LogP contribution in [0.15, 0.2) is 36.9 Å². The Morgan fingerprint density at radius 1 is 1.19 bits per heavy atom. The highest BCUT2D eigenvalue weighted by molar-refractivity contribution is 6.01. The van der Waals surface area contributed by atoms with Crippen molar-refractivity contribution in [3.63, 3.8) is 0 Å². The quantitative estimate of drug-likeness (QED) is 0.758. The molecule has 1 aromatic heterocycles. The van der Waals surface area contributed by atoms with Gasteiger partial charge in [-0.3, -0.25) is 4.79 Å². The summed E-state index contributed by atoms with van der Waals surface area (Å²) in [5, 5.41) is 4.68. The second-order valence-corrected chi connectivity index (χ2v) is 5.77. The standard InChI is InChI=1S/C18H22N2O/c1-6-15-16(18(21)13(4)5)17(12(2)3)19-20(15)14-10-8-7-9-11-14/h6-13H,1H2,2-5H3. The van der Waals surface area contributed by atoms with Crippen molar-refractivity contribution in [2.45, 2.75) is 33.6 Å². The van der Waals surface area contributed by atoms with Gasteiger partial charge in [-0.05, 0) is 24.1 Å². The first-order valence-corrected chi connectivity index (χ1v) is 7.32. The van der Waals surface area contributed by atoms with Crippen LogP contribution in [0.25, 0.3) is 11.8 Å². The molecule has 0 unspecified atom stereocenters. The molecule has 0 N–H and O–H groups in total. The van der Waals surface area contributed by atoms with Gasteiger partial charge < -0.3 is 0 Å². The van der Waals surface area contributed by atoms with E-state index in [2.05, 4.69) is 25.5 Å². The number of nitrogens with zero attached hydrogens (tertiary/aromatic N) is 2. The zero-order valence-corrected chi connectivity index (χ0v) is 13.1. The minimum absolute atomic E-state index is 0.0605. The molecular weight excluding hydrogens is 260 g/mol. The monoisotopic (exact) mass is 282 g/mol. The van der Waals surface area contributed by atoms with E-state index in [1.54, 1.807) is 6.08 Å². The molecule has 0 atom stereocenters. The van der Waals surface area contributed by atoms with Crippen LogP contribution in [-0.4, -0.2) is 15.6 Å². The number of carbonyl (C=O) groups excluding carboxylic acids is 1. The van der Waals surface area contributed by atoms with E-state index in [1.807, 2.05) is 48.9 Å². The number of hydrogen-bond donors (Lipinski definition) is 0. The lowest BCUT2D eigenvalue weighted by Gasteiger charge is -2.08. The van der Waals surface area contributed by atoms with Gasteiger partial charge in [0, 0.05) is 5.92 Å². The molecule has 21 heavy (non-hydrogen) atoms. The molecule has 2 rings (SSSR count). The summed E-state index contributed by atoms with van der Waals surface area (Å²) in [6.07, 6.45) is 1.72. The summed E-state index contributed by atoms with van der Waals surface area (Å²) in [6.45, 7) is 11.8. The fourth-order valence-electron chi connectivity index (χ4n) is 2.35. The van der Waals surface area contributed by atoms with Crippen molar-refractivity contribution >= 4 is 11.9 Å². The third kappa shape index (κ3) is 2.82. The molecule has 0 saturated carbocycles. The first-order chi connectivity index (χ1) is 9.97. The summed E-state index contributed by atoms with van der Waals surface area (Å²) in [5.74, 6) is 0.247. The molecule has 0 aliphatic carbocycles. The molecule has 110 valence electrons. The number of rotatable bonds is 5. The topological polar surface area (TPSA) is 34.9 Å². The van der Waals surface area contributed by atoms with Gasteiger partial charge in [-0.25, -0.2) is 4.68 Å². The highest BCUT2D eigenvalue weighted by atomic mass is 16.1. The van der Waals surface area contributed by atoms with E-state index in [0.29, 0.717) is 5.56 Å². The van der Waals surface area contributed by atoms with Crippen LogP contribution in [0.5, 0.6) is 0 Å². The van der Waals surface area contributed by atoms with Crippen LogP contribution in [0.1, 0.15) is 55.4 Å². The summed E-state index contributed by atoms with van der Waals surface area (Å²) in [4.78, 5) is 12.6. The average molecular weight is 282 g/mol. The van der Waals surface area contributed by atoms with Gasteiger partial charge in [-0.2, -0.15) is 5.10 Å². The minimum atomic E-state index is -0.0605. The number of aromatic nitrogens is 2. The normalized spacial score (nSPS) is 11.1. The second-order valence-electron chi connectivity index (χ2n) is 5.77. The maximum absolute atomic E-state index is 12.6. The average Bonchev–Trinajstić information content (AvgIpc) is 2.86. The first kappa shape index (κ1) is 15.2. The third-order valence-electron chi connectivity index (χ3n) is 3.46. The third-order valence-corrected chi connectivity index (χ3v) is 3.46. The maximum Gasteiger partial charge on any atom is 0.169 e. The van der Waals surface area contributed by atoms with Gasteiger partial charge in [0.15, 0.2) is 5.78 Å². The predicted molar refractivity (Wildman–Crippen MR) is 86.9 cm³/mol.